The van der Waals surface area contributed by atoms with Gasteiger partial charge in [-0.25, -0.2) is 0 Å². The van der Waals surface area contributed by atoms with Crippen LogP contribution in [-0.2, 0) is 4.79 Å². The first-order valence-corrected chi connectivity index (χ1v) is 6.24. The summed E-state index contributed by atoms with van der Waals surface area (Å²) in [6.45, 7) is 0. The molecule has 0 aromatic heterocycles. The number of Topliss-reactive ketones (excluding diaryl/α,β-unsaturated/α-hetero) is 2. The van der Waals surface area contributed by atoms with Gasteiger partial charge < -0.3 is 0 Å². The Morgan fingerprint density at radius 3 is 1.77 bits per heavy atom. The number of carbonyl (C=O) groups is 2. The Kier molecular flexibility index (Phi) is 5.05. The molecule has 0 saturated carbocycles. The highest BCUT2D eigenvalue weighted by Gasteiger charge is 2.75. The van der Waals surface area contributed by atoms with Crippen LogP contribution in [0.5, 0.6) is 0 Å². The summed E-state index contributed by atoms with van der Waals surface area (Å²) < 4.78 is 87.7. The second kappa shape index (κ2) is 5.98. The number of rotatable bonds is 5. The molecule has 0 saturated heterocycles. The summed E-state index contributed by atoms with van der Waals surface area (Å²) in [7, 11) is 0. The summed E-state index contributed by atoms with van der Waals surface area (Å²) in [5, 5.41) is 0. The molecule has 122 valence electrons. The smallest absolute Gasteiger partial charge is 0.294 e. The van der Waals surface area contributed by atoms with Crippen LogP contribution in [0.1, 0.15) is 16.8 Å². The number of hydrogen-bond acceptors (Lipinski definition) is 2. The largest absolute Gasteiger partial charge is 0.460 e. The van der Waals surface area contributed by atoms with Gasteiger partial charge >= 0.3 is 18.0 Å². The van der Waals surface area contributed by atoms with E-state index in [4.69, 9.17) is 0 Å². The van der Waals surface area contributed by atoms with Crippen molar-refractivity contribution in [1.29, 1.82) is 0 Å². The third-order valence-electron chi connectivity index (χ3n) is 2.59. The Bertz CT molecular complexity index is 578. The molecule has 0 spiro atoms. The molecule has 0 fully saturated rings. The van der Waals surface area contributed by atoms with E-state index in [1.54, 1.807) is 0 Å². The molecule has 2 nitrogen and oxygen atoms in total. The van der Waals surface area contributed by atoms with Crippen LogP contribution in [0, 0.1) is 0 Å². The van der Waals surface area contributed by atoms with E-state index >= 15 is 0 Å². The van der Waals surface area contributed by atoms with E-state index in [9.17, 15) is 40.3 Å². The molecule has 0 aliphatic heterocycles. The lowest BCUT2D eigenvalue weighted by Crippen LogP contribution is -2.56. The van der Waals surface area contributed by atoms with Gasteiger partial charge in [0.05, 0.1) is 6.42 Å². The first-order valence-electron chi connectivity index (χ1n) is 5.45. The van der Waals surface area contributed by atoms with E-state index in [-0.39, 0.29) is 5.56 Å². The number of halogens is 8. The average Bonchev–Trinajstić information content (AvgIpc) is 2.37. The second-order valence-corrected chi connectivity index (χ2v) is 5.09. The SMILES string of the molecule is O=C(CC(=O)C(F)(F)C(F)(F)C(F)(F)F)c1ccc(Br)cc1. The van der Waals surface area contributed by atoms with Crippen molar-refractivity contribution in [1.82, 2.24) is 0 Å². The predicted octanol–water partition coefficient (Wildman–Crippen LogP) is 4.42. The van der Waals surface area contributed by atoms with Gasteiger partial charge in [0, 0.05) is 10.0 Å². The Morgan fingerprint density at radius 1 is 0.909 bits per heavy atom. The zero-order chi connectivity index (χ0) is 17.3. The lowest BCUT2D eigenvalue weighted by atomic mass is 9.99. The Hall–Kier alpha value is -1.45. The van der Waals surface area contributed by atoms with Crippen LogP contribution in [0.2, 0.25) is 0 Å². The van der Waals surface area contributed by atoms with E-state index in [1.807, 2.05) is 0 Å². The summed E-state index contributed by atoms with van der Waals surface area (Å²) in [5.41, 5.74) is -0.275. The van der Waals surface area contributed by atoms with E-state index in [0.29, 0.717) is 4.47 Å². The fourth-order valence-corrected chi connectivity index (χ4v) is 1.61. The maximum absolute atomic E-state index is 13.1. The third kappa shape index (κ3) is 3.47. The number of ketones is 2. The minimum absolute atomic E-state index is 0.275. The monoisotopic (exact) mass is 394 g/mol. The van der Waals surface area contributed by atoms with Crippen molar-refractivity contribution in [2.24, 2.45) is 0 Å². The molecule has 1 rings (SSSR count). The fraction of sp³-hybridized carbons (Fsp3) is 0.333. The van der Waals surface area contributed by atoms with Crippen molar-refractivity contribution in [2.75, 3.05) is 0 Å². The molecule has 0 bridgehead atoms. The van der Waals surface area contributed by atoms with Gasteiger partial charge in [-0.2, -0.15) is 30.7 Å². The van der Waals surface area contributed by atoms with Crippen molar-refractivity contribution in [3.05, 3.63) is 34.3 Å². The molecule has 0 amide bonds. The average molecular weight is 395 g/mol. The third-order valence-corrected chi connectivity index (χ3v) is 3.12. The lowest BCUT2D eigenvalue weighted by Gasteiger charge is -2.26. The van der Waals surface area contributed by atoms with Crippen LogP contribution in [0.4, 0.5) is 30.7 Å². The molecule has 10 heteroatoms. The molecular formula is C12H6BrF7O2. The van der Waals surface area contributed by atoms with E-state index in [1.165, 1.54) is 12.1 Å². The van der Waals surface area contributed by atoms with Crippen LogP contribution in [0.25, 0.3) is 0 Å². The Balaban J connectivity index is 2.96. The topological polar surface area (TPSA) is 34.1 Å². The van der Waals surface area contributed by atoms with Gasteiger partial charge in [0.1, 0.15) is 0 Å². The molecule has 0 aliphatic rings. The molecule has 0 unspecified atom stereocenters. The molecule has 0 radical (unpaired) electrons. The van der Waals surface area contributed by atoms with Gasteiger partial charge in [0.15, 0.2) is 5.78 Å². The normalized spacial score (nSPS) is 13.1. The van der Waals surface area contributed by atoms with Gasteiger partial charge in [-0.1, -0.05) is 28.1 Å². The maximum atomic E-state index is 13.1. The maximum Gasteiger partial charge on any atom is 0.460 e. The predicted molar refractivity (Wildman–Crippen MR) is 64.0 cm³/mol. The summed E-state index contributed by atoms with van der Waals surface area (Å²) >= 11 is 3.00. The highest BCUT2D eigenvalue weighted by molar-refractivity contribution is 9.10. The van der Waals surface area contributed by atoms with E-state index in [2.05, 4.69) is 15.9 Å². The molecule has 22 heavy (non-hydrogen) atoms. The summed E-state index contributed by atoms with van der Waals surface area (Å²) in [6, 6.07) is 4.81. The summed E-state index contributed by atoms with van der Waals surface area (Å²) in [5.74, 6) is -16.7. The second-order valence-electron chi connectivity index (χ2n) is 4.18. The quantitative estimate of drug-likeness (QED) is 0.420. The van der Waals surface area contributed by atoms with Crippen LogP contribution in [0.15, 0.2) is 28.7 Å². The van der Waals surface area contributed by atoms with Gasteiger partial charge in [-0.3, -0.25) is 9.59 Å². The van der Waals surface area contributed by atoms with Crippen molar-refractivity contribution in [3.63, 3.8) is 0 Å². The van der Waals surface area contributed by atoms with Crippen molar-refractivity contribution < 1.29 is 40.3 Å². The number of benzene rings is 1. The lowest BCUT2D eigenvalue weighted by molar-refractivity contribution is -0.343. The Labute approximate surface area is 127 Å². The van der Waals surface area contributed by atoms with Crippen LogP contribution >= 0.6 is 15.9 Å². The Morgan fingerprint density at radius 2 is 1.36 bits per heavy atom. The van der Waals surface area contributed by atoms with Crippen molar-refractivity contribution in [3.8, 4) is 0 Å². The minimum atomic E-state index is -6.62. The molecule has 1 aromatic rings. The highest BCUT2D eigenvalue weighted by Crippen LogP contribution is 2.47. The molecule has 1 aromatic carbocycles. The van der Waals surface area contributed by atoms with E-state index < -0.39 is 36.0 Å². The highest BCUT2D eigenvalue weighted by atomic mass is 79.9. The zero-order valence-corrected chi connectivity index (χ0v) is 11.9. The number of carbonyl (C=O) groups excluding carboxylic acids is 2. The fourth-order valence-electron chi connectivity index (χ4n) is 1.35. The summed E-state index contributed by atoms with van der Waals surface area (Å²) in [4.78, 5) is 22.5. The number of alkyl halides is 7. The van der Waals surface area contributed by atoms with Crippen molar-refractivity contribution in [2.45, 2.75) is 24.4 Å². The van der Waals surface area contributed by atoms with Crippen LogP contribution in [0.3, 0.4) is 0 Å². The van der Waals surface area contributed by atoms with Gasteiger partial charge in [0.2, 0.25) is 5.78 Å². The van der Waals surface area contributed by atoms with Crippen LogP contribution in [-0.4, -0.2) is 29.6 Å². The molecule has 0 heterocycles. The molecule has 0 atom stereocenters. The molecule has 0 aliphatic carbocycles. The van der Waals surface area contributed by atoms with E-state index in [0.717, 1.165) is 12.1 Å². The van der Waals surface area contributed by atoms with Crippen LogP contribution < -0.4 is 0 Å². The van der Waals surface area contributed by atoms with Crippen molar-refractivity contribution >= 4 is 27.5 Å². The first kappa shape index (κ1) is 18.6. The standard InChI is InChI=1S/C12H6BrF7O2/c13-7-3-1-6(2-4-7)8(21)5-9(22)10(14,15)11(16,17)12(18,19)20/h1-4H,5H2. The molecular weight excluding hydrogens is 389 g/mol. The molecule has 0 N–H and O–H groups in total. The van der Waals surface area contributed by atoms with Gasteiger partial charge in [-0.15, -0.1) is 0 Å². The summed E-state index contributed by atoms with van der Waals surface area (Å²) in [6.07, 6.45) is -8.40. The number of hydrogen-bond donors (Lipinski definition) is 0. The van der Waals surface area contributed by atoms with Gasteiger partial charge in [0.25, 0.3) is 0 Å². The first-order chi connectivity index (χ1) is 9.80. The zero-order valence-electron chi connectivity index (χ0n) is 10.4. The van der Waals surface area contributed by atoms with Gasteiger partial charge in [-0.05, 0) is 12.1 Å². The minimum Gasteiger partial charge on any atom is -0.294 e.